The van der Waals surface area contributed by atoms with Crippen molar-refractivity contribution in [3.05, 3.63) is 39.4 Å². The summed E-state index contributed by atoms with van der Waals surface area (Å²) in [5, 5.41) is 1.59. The third-order valence-electron chi connectivity index (χ3n) is 2.54. The molecule has 88 valence electrons. The molecule has 0 bridgehead atoms. The normalized spacial score (nSPS) is 10.6. The van der Waals surface area contributed by atoms with E-state index in [-0.39, 0.29) is 5.78 Å². The fraction of sp³-hybridized carbons (Fsp3) is 0.231. The molecule has 1 heterocycles. The summed E-state index contributed by atoms with van der Waals surface area (Å²) in [7, 11) is 0. The number of benzene rings is 1. The first-order valence-corrected chi connectivity index (χ1v) is 6.43. The van der Waals surface area contributed by atoms with Gasteiger partial charge in [-0.05, 0) is 31.5 Å². The Morgan fingerprint density at radius 3 is 2.59 bits per heavy atom. The molecule has 0 spiro atoms. The average molecular weight is 266 g/mol. The number of carbonyl (C=O) groups is 1. The molecule has 4 heteroatoms. The SMILES string of the molecule is CC(=O)c1sc(-c2ccc(Cl)cc2C)nc1C. The highest BCUT2D eigenvalue weighted by Crippen LogP contribution is 2.31. The smallest absolute Gasteiger partial charge is 0.171 e. The zero-order valence-corrected chi connectivity index (χ0v) is 11.4. The molecule has 0 radical (unpaired) electrons. The van der Waals surface area contributed by atoms with Crippen LogP contribution in [0.15, 0.2) is 18.2 Å². The van der Waals surface area contributed by atoms with E-state index in [1.807, 2.05) is 32.0 Å². The van der Waals surface area contributed by atoms with Gasteiger partial charge in [-0.15, -0.1) is 11.3 Å². The summed E-state index contributed by atoms with van der Waals surface area (Å²) >= 11 is 7.36. The lowest BCUT2D eigenvalue weighted by Gasteiger charge is -2.01. The highest BCUT2D eigenvalue weighted by molar-refractivity contribution is 7.17. The van der Waals surface area contributed by atoms with E-state index in [4.69, 9.17) is 11.6 Å². The molecular formula is C13H12ClNOS. The number of carbonyl (C=O) groups excluding carboxylic acids is 1. The number of ketones is 1. The van der Waals surface area contributed by atoms with Crippen molar-refractivity contribution in [1.82, 2.24) is 4.98 Å². The minimum absolute atomic E-state index is 0.0675. The quantitative estimate of drug-likeness (QED) is 0.759. The van der Waals surface area contributed by atoms with E-state index in [0.717, 1.165) is 26.7 Å². The van der Waals surface area contributed by atoms with Gasteiger partial charge in [0.1, 0.15) is 5.01 Å². The summed E-state index contributed by atoms with van der Waals surface area (Å²) in [6.07, 6.45) is 0. The predicted octanol–water partition coefficient (Wildman–Crippen LogP) is 4.28. The number of hydrogen-bond acceptors (Lipinski definition) is 3. The molecule has 17 heavy (non-hydrogen) atoms. The Kier molecular flexibility index (Phi) is 3.31. The maximum atomic E-state index is 11.4. The van der Waals surface area contributed by atoms with E-state index in [1.165, 1.54) is 11.3 Å². The summed E-state index contributed by atoms with van der Waals surface area (Å²) < 4.78 is 0. The van der Waals surface area contributed by atoms with Crippen LogP contribution in [-0.2, 0) is 0 Å². The van der Waals surface area contributed by atoms with Gasteiger partial charge in [-0.1, -0.05) is 17.7 Å². The maximum absolute atomic E-state index is 11.4. The van der Waals surface area contributed by atoms with Crippen LogP contribution in [0.4, 0.5) is 0 Å². The number of aryl methyl sites for hydroxylation is 2. The number of halogens is 1. The van der Waals surface area contributed by atoms with E-state index in [2.05, 4.69) is 4.98 Å². The van der Waals surface area contributed by atoms with Gasteiger partial charge < -0.3 is 0 Å². The number of thiazole rings is 1. The fourth-order valence-corrected chi connectivity index (χ4v) is 2.98. The molecule has 2 nitrogen and oxygen atoms in total. The van der Waals surface area contributed by atoms with Crippen LogP contribution in [-0.4, -0.2) is 10.8 Å². The van der Waals surface area contributed by atoms with Crippen molar-refractivity contribution in [3.8, 4) is 10.6 Å². The number of Topliss-reactive ketones (excluding diaryl/α,β-unsaturated/α-hetero) is 1. The molecule has 0 aliphatic carbocycles. The number of aromatic nitrogens is 1. The summed E-state index contributed by atoms with van der Waals surface area (Å²) in [5.74, 6) is 0.0675. The zero-order valence-electron chi connectivity index (χ0n) is 9.87. The number of hydrogen-bond donors (Lipinski definition) is 0. The Morgan fingerprint density at radius 1 is 1.35 bits per heavy atom. The Morgan fingerprint density at radius 2 is 2.06 bits per heavy atom. The van der Waals surface area contributed by atoms with Crippen LogP contribution in [0.3, 0.4) is 0 Å². The molecule has 2 rings (SSSR count). The van der Waals surface area contributed by atoms with Crippen molar-refractivity contribution >= 4 is 28.7 Å². The van der Waals surface area contributed by atoms with Crippen LogP contribution in [0, 0.1) is 13.8 Å². The minimum Gasteiger partial charge on any atom is -0.294 e. The molecule has 2 aromatic rings. The standard InChI is InChI=1S/C13H12ClNOS/c1-7-6-10(14)4-5-11(7)13-15-8(2)12(17-13)9(3)16/h4-6H,1-3H3. The molecule has 1 aromatic carbocycles. The van der Waals surface area contributed by atoms with Gasteiger partial charge in [-0.25, -0.2) is 4.98 Å². The number of nitrogens with zero attached hydrogens (tertiary/aromatic N) is 1. The molecule has 0 unspecified atom stereocenters. The molecule has 1 aromatic heterocycles. The predicted molar refractivity (Wildman–Crippen MR) is 72.0 cm³/mol. The van der Waals surface area contributed by atoms with E-state index >= 15 is 0 Å². The third kappa shape index (κ3) is 2.40. The second-order valence-corrected chi connectivity index (χ2v) is 5.38. The van der Waals surface area contributed by atoms with Crippen LogP contribution in [0.1, 0.15) is 27.9 Å². The first kappa shape index (κ1) is 12.3. The molecule has 0 saturated carbocycles. The maximum Gasteiger partial charge on any atom is 0.171 e. The van der Waals surface area contributed by atoms with Gasteiger partial charge in [0.25, 0.3) is 0 Å². The zero-order chi connectivity index (χ0) is 12.6. The van der Waals surface area contributed by atoms with Gasteiger partial charge in [0.2, 0.25) is 0 Å². The molecule has 0 atom stereocenters. The van der Waals surface area contributed by atoms with E-state index in [0.29, 0.717) is 5.02 Å². The van der Waals surface area contributed by atoms with Crippen LogP contribution >= 0.6 is 22.9 Å². The molecule has 0 N–H and O–H groups in total. The van der Waals surface area contributed by atoms with Crippen molar-refractivity contribution in [2.24, 2.45) is 0 Å². The highest BCUT2D eigenvalue weighted by Gasteiger charge is 2.14. The topological polar surface area (TPSA) is 30.0 Å². The second kappa shape index (κ2) is 4.59. The van der Waals surface area contributed by atoms with Gasteiger partial charge in [0.05, 0.1) is 10.6 Å². The van der Waals surface area contributed by atoms with Crippen molar-refractivity contribution in [2.45, 2.75) is 20.8 Å². The van der Waals surface area contributed by atoms with Gasteiger partial charge in [-0.3, -0.25) is 4.79 Å². The monoisotopic (exact) mass is 265 g/mol. The Balaban J connectivity index is 2.53. The van der Waals surface area contributed by atoms with Crippen LogP contribution < -0.4 is 0 Å². The largest absolute Gasteiger partial charge is 0.294 e. The number of rotatable bonds is 2. The van der Waals surface area contributed by atoms with E-state index in [9.17, 15) is 4.79 Å². The molecule has 0 fully saturated rings. The lowest BCUT2D eigenvalue weighted by atomic mass is 10.1. The first-order valence-electron chi connectivity index (χ1n) is 5.24. The molecule has 0 saturated heterocycles. The van der Waals surface area contributed by atoms with Gasteiger partial charge >= 0.3 is 0 Å². The summed E-state index contributed by atoms with van der Waals surface area (Å²) in [4.78, 5) is 16.6. The summed E-state index contributed by atoms with van der Waals surface area (Å²) in [6.45, 7) is 5.42. The Labute approximate surface area is 109 Å². The average Bonchev–Trinajstić information content (AvgIpc) is 2.60. The fourth-order valence-electron chi connectivity index (χ4n) is 1.71. The van der Waals surface area contributed by atoms with Crippen LogP contribution in [0.2, 0.25) is 5.02 Å². The van der Waals surface area contributed by atoms with Gasteiger partial charge in [-0.2, -0.15) is 0 Å². The molecule has 0 aliphatic heterocycles. The summed E-state index contributed by atoms with van der Waals surface area (Å²) in [6, 6.07) is 5.69. The lowest BCUT2D eigenvalue weighted by molar-refractivity contribution is 0.102. The molecule has 0 aliphatic rings. The van der Waals surface area contributed by atoms with Crippen molar-refractivity contribution in [3.63, 3.8) is 0 Å². The van der Waals surface area contributed by atoms with Crippen LogP contribution in [0.5, 0.6) is 0 Å². The van der Waals surface area contributed by atoms with E-state index in [1.54, 1.807) is 6.92 Å². The van der Waals surface area contributed by atoms with E-state index < -0.39 is 0 Å². The van der Waals surface area contributed by atoms with Crippen molar-refractivity contribution in [1.29, 1.82) is 0 Å². The summed E-state index contributed by atoms with van der Waals surface area (Å²) in [5.41, 5.74) is 2.91. The van der Waals surface area contributed by atoms with Crippen LogP contribution in [0.25, 0.3) is 10.6 Å². The lowest BCUT2D eigenvalue weighted by Crippen LogP contribution is -1.89. The highest BCUT2D eigenvalue weighted by atomic mass is 35.5. The minimum atomic E-state index is 0.0675. The molecular weight excluding hydrogens is 254 g/mol. The second-order valence-electron chi connectivity index (χ2n) is 3.95. The van der Waals surface area contributed by atoms with Gasteiger partial charge in [0.15, 0.2) is 5.78 Å². The third-order valence-corrected chi connectivity index (χ3v) is 4.06. The Bertz CT molecular complexity index is 589. The van der Waals surface area contributed by atoms with Gasteiger partial charge in [0, 0.05) is 17.5 Å². The first-order chi connectivity index (χ1) is 7.99. The van der Waals surface area contributed by atoms with Crippen molar-refractivity contribution in [2.75, 3.05) is 0 Å². The van der Waals surface area contributed by atoms with Crippen molar-refractivity contribution < 1.29 is 4.79 Å². The molecule has 0 amide bonds. The Hall–Kier alpha value is -1.19.